The zero-order valence-corrected chi connectivity index (χ0v) is 12.5. The number of hydrogen-bond donors (Lipinski definition) is 2. The van der Waals surface area contributed by atoms with Gasteiger partial charge in [-0.15, -0.1) is 0 Å². The number of nitrogens with one attached hydrogen (secondary N) is 2. The van der Waals surface area contributed by atoms with E-state index in [1.807, 2.05) is 42.5 Å². The van der Waals surface area contributed by atoms with E-state index in [-0.39, 0.29) is 24.3 Å². The minimum atomic E-state index is -0.323. The Balaban J connectivity index is 1.95. The van der Waals surface area contributed by atoms with Crippen LogP contribution in [-0.2, 0) is 16.1 Å². The molecular formula is C17H19N3O2. The van der Waals surface area contributed by atoms with E-state index in [0.717, 1.165) is 11.1 Å². The smallest absolute Gasteiger partial charge is 0.222 e. The van der Waals surface area contributed by atoms with Crippen LogP contribution in [0.1, 0.15) is 30.5 Å². The molecule has 1 aromatic heterocycles. The number of benzene rings is 1. The summed E-state index contributed by atoms with van der Waals surface area (Å²) < 4.78 is 0. The zero-order chi connectivity index (χ0) is 15.8. The molecule has 114 valence electrons. The van der Waals surface area contributed by atoms with Gasteiger partial charge in [-0.2, -0.15) is 0 Å². The number of pyridine rings is 1. The van der Waals surface area contributed by atoms with Crippen LogP contribution in [-0.4, -0.2) is 16.8 Å². The molecule has 0 radical (unpaired) electrons. The second kappa shape index (κ2) is 7.93. The van der Waals surface area contributed by atoms with Gasteiger partial charge < -0.3 is 10.6 Å². The van der Waals surface area contributed by atoms with Crippen molar-refractivity contribution in [1.29, 1.82) is 0 Å². The van der Waals surface area contributed by atoms with Crippen molar-refractivity contribution in [3.63, 3.8) is 0 Å². The number of aromatic nitrogens is 1. The van der Waals surface area contributed by atoms with Crippen LogP contribution in [0.5, 0.6) is 0 Å². The number of carbonyl (C=O) groups is 2. The molecule has 22 heavy (non-hydrogen) atoms. The SMILES string of the molecule is CC(=O)N[C@H](CC(=O)NCc1ccncc1)c1ccccc1. The van der Waals surface area contributed by atoms with Gasteiger partial charge in [0.05, 0.1) is 12.5 Å². The first-order valence-electron chi connectivity index (χ1n) is 7.13. The fraction of sp³-hybridized carbons (Fsp3) is 0.235. The standard InChI is InChI=1S/C17H19N3O2/c1-13(21)20-16(15-5-3-2-4-6-15)11-17(22)19-12-14-7-9-18-10-8-14/h2-10,16H,11-12H2,1H3,(H,19,22)(H,20,21)/t16-/m1/s1. The first kappa shape index (κ1) is 15.7. The number of amides is 2. The molecule has 1 aromatic carbocycles. The highest BCUT2D eigenvalue weighted by molar-refractivity contribution is 5.79. The van der Waals surface area contributed by atoms with Gasteiger partial charge in [-0.05, 0) is 23.3 Å². The van der Waals surface area contributed by atoms with E-state index in [0.29, 0.717) is 6.54 Å². The third kappa shape index (κ3) is 5.01. The number of hydrogen-bond acceptors (Lipinski definition) is 3. The van der Waals surface area contributed by atoms with Crippen molar-refractivity contribution in [3.8, 4) is 0 Å². The topological polar surface area (TPSA) is 71.1 Å². The van der Waals surface area contributed by atoms with E-state index in [2.05, 4.69) is 15.6 Å². The van der Waals surface area contributed by atoms with Gasteiger partial charge in [0.1, 0.15) is 0 Å². The van der Waals surface area contributed by atoms with Gasteiger partial charge in [-0.1, -0.05) is 30.3 Å². The summed E-state index contributed by atoms with van der Waals surface area (Å²) >= 11 is 0. The number of carbonyl (C=O) groups excluding carboxylic acids is 2. The first-order valence-corrected chi connectivity index (χ1v) is 7.13. The Morgan fingerprint density at radius 2 is 1.77 bits per heavy atom. The lowest BCUT2D eigenvalue weighted by molar-refractivity contribution is -0.122. The van der Waals surface area contributed by atoms with Gasteiger partial charge in [0.25, 0.3) is 0 Å². The van der Waals surface area contributed by atoms with Gasteiger partial charge in [0.15, 0.2) is 0 Å². The number of nitrogens with zero attached hydrogens (tertiary/aromatic N) is 1. The van der Waals surface area contributed by atoms with E-state index in [1.165, 1.54) is 6.92 Å². The summed E-state index contributed by atoms with van der Waals surface area (Å²) in [6.45, 7) is 1.90. The van der Waals surface area contributed by atoms with Crippen LogP contribution in [0.4, 0.5) is 0 Å². The van der Waals surface area contributed by atoms with Crippen LogP contribution >= 0.6 is 0 Å². The molecule has 1 atom stereocenters. The van der Waals surface area contributed by atoms with E-state index in [1.54, 1.807) is 12.4 Å². The predicted octanol–water partition coefficient (Wildman–Crippen LogP) is 1.97. The Labute approximate surface area is 129 Å². The molecule has 0 bridgehead atoms. The lowest BCUT2D eigenvalue weighted by Gasteiger charge is -2.18. The van der Waals surface area contributed by atoms with E-state index in [9.17, 15) is 9.59 Å². The minimum Gasteiger partial charge on any atom is -0.352 e. The van der Waals surface area contributed by atoms with Crippen molar-refractivity contribution in [2.45, 2.75) is 25.9 Å². The van der Waals surface area contributed by atoms with Crippen molar-refractivity contribution >= 4 is 11.8 Å². The lowest BCUT2D eigenvalue weighted by atomic mass is 10.0. The molecule has 0 aliphatic carbocycles. The maximum atomic E-state index is 12.1. The van der Waals surface area contributed by atoms with E-state index in [4.69, 9.17) is 0 Å². The molecule has 0 aliphatic heterocycles. The largest absolute Gasteiger partial charge is 0.352 e. The summed E-state index contributed by atoms with van der Waals surface area (Å²) in [5.74, 6) is -0.268. The molecule has 2 rings (SSSR count). The Hall–Kier alpha value is -2.69. The highest BCUT2D eigenvalue weighted by atomic mass is 16.2. The lowest BCUT2D eigenvalue weighted by Crippen LogP contribution is -2.32. The van der Waals surface area contributed by atoms with Crippen LogP contribution in [0, 0.1) is 0 Å². The second-order valence-corrected chi connectivity index (χ2v) is 5.00. The fourth-order valence-electron chi connectivity index (χ4n) is 2.14. The van der Waals surface area contributed by atoms with Gasteiger partial charge in [-0.25, -0.2) is 0 Å². The second-order valence-electron chi connectivity index (χ2n) is 5.00. The molecule has 0 aliphatic rings. The molecule has 2 amide bonds. The summed E-state index contributed by atoms with van der Waals surface area (Å²) in [5, 5.41) is 5.67. The molecule has 0 fully saturated rings. The molecule has 2 N–H and O–H groups in total. The maximum Gasteiger partial charge on any atom is 0.222 e. The molecule has 5 nitrogen and oxygen atoms in total. The fourth-order valence-corrected chi connectivity index (χ4v) is 2.14. The zero-order valence-electron chi connectivity index (χ0n) is 12.5. The van der Waals surface area contributed by atoms with Crippen LogP contribution in [0.15, 0.2) is 54.9 Å². The summed E-state index contributed by atoms with van der Waals surface area (Å²) in [5.41, 5.74) is 1.90. The van der Waals surface area contributed by atoms with Crippen molar-refractivity contribution in [2.24, 2.45) is 0 Å². The van der Waals surface area contributed by atoms with Crippen LogP contribution in [0.2, 0.25) is 0 Å². The third-order valence-corrected chi connectivity index (χ3v) is 3.21. The monoisotopic (exact) mass is 297 g/mol. The highest BCUT2D eigenvalue weighted by Gasteiger charge is 2.16. The van der Waals surface area contributed by atoms with Gasteiger partial charge in [-0.3, -0.25) is 14.6 Å². The predicted molar refractivity (Wildman–Crippen MR) is 83.7 cm³/mol. The first-order chi connectivity index (χ1) is 10.6. The van der Waals surface area contributed by atoms with Gasteiger partial charge >= 0.3 is 0 Å². The molecule has 2 aromatic rings. The summed E-state index contributed by atoms with van der Waals surface area (Å²) in [6, 6.07) is 12.9. The quantitative estimate of drug-likeness (QED) is 0.856. The van der Waals surface area contributed by atoms with Crippen molar-refractivity contribution < 1.29 is 9.59 Å². The molecule has 1 heterocycles. The Kier molecular flexibility index (Phi) is 5.65. The minimum absolute atomic E-state index is 0.112. The van der Waals surface area contributed by atoms with Gasteiger partial charge in [0, 0.05) is 25.9 Å². The van der Waals surface area contributed by atoms with Crippen molar-refractivity contribution in [1.82, 2.24) is 15.6 Å². The van der Waals surface area contributed by atoms with Crippen LogP contribution < -0.4 is 10.6 Å². The van der Waals surface area contributed by atoms with Crippen molar-refractivity contribution in [3.05, 3.63) is 66.0 Å². The van der Waals surface area contributed by atoms with Crippen LogP contribution in [0.3, 0.4) is 0 Å². The van der Waals surface area contributed by atoms with Crippen molar-refractivity contribution in [2.75, 3.05) is 0 Å². The number of rotatable bonds is 6. The Morgan fingerprint density at radius 3 is 2.41 bits per heavy atom. The highest BCUT2D eigenvalue weighted by Crippen LogP contribution is 2.16. The van der Waals surface area contributed by atoms with Gasteiger partial charge in [0.2, 0.25) is 11.8 Å². The van der Waals surface area contributed by atoms with E-state index >= 15 is 0 Å². The molecule has 0 saturated heterocycles. The Morgan fingerprint density at radius 1 is 1.09 bits per heavy atom. The van der Waals surface area contributed by atoms with E-state index < -0.39 is 0 Å². The maximum absolute atomic E-state index is 12.1. The summed E-state index contributed by atoms with van der Waals surface area (Å²) in [6.07, 6.45) is 3.58. The third-order valence-electron chi connectivity index (χ3n) is 3.21. The average Bonchev–Trinajstić information content (AvgIpc) is 2.54. The summed E-state index contributed by atoms with van der Waals surface area (Å²) in [4.78, 5) is 27.4. The molecule has 5 heteroatoms. The average molecular weight is 297 g/mol. The Bertz CT molecular complexity index is 614. The molecule has 0 spiro atoms. The molecule has 0 saturated carbocycles. The van der Waals surface area contributed by atoms with Crippen LogP contribution in [0.25, 0.3) is 0 Å². The molecular weight excluding hydrogens is 278 g/mol. The normalized spacial score (nSPS) is 11.5. The summed E-state index contributed by atoms with van der Waals surface area (Å²) in [7, 11) is 0. The molecule has 0 unspecified atom stereocenters.